The third-order valence-electron chi connectivity index (χ3n) is 3.21. The van der Waals surface area contributed by atoms with Gasteiger partial charge in [0.05, 0.1) is 6.04 Å². The molecule has 0 bridgehead atoms. The monoisotopic (exact) mass is 286 g/mol. The Bertz CT molecular complexity index is 727. The van der Waals surface area contributed by atoms with Crippen molar-refractivity contribution in [1.82, 2.24) is 15.1 Å². The molecular weight excluding hydrogens is 268 g/mol. The first kappa shape index (κ1) is 13.6. The van der Waals surface area contributed by atoms with Gasteiger partial charge >= 0.3 is 6.09 Å². The van der Waals surface area contributed by atoms with Gasteiger partial charge in [-0.1, -0.05) is 24.3 Å². The largest absolute Gasteiger partial charge is 0.442 e. The number of nitrogens with zero attached hydrogens (tertiary/aromatic N) is 4. The Hall–Kier alpha value is -2.37. The van der Waals surface area contributed by atoms with Crippen molar-refractivity contribution in [2.24, 2.45) is 0 Å². The first-order chi connectivity index (χ1) is 9.87. The summed E-state index contributed by atoms with van der Waals surface area (Å²) in [5.74, 6) is 0. The lowest BCUT2D eigenvalue weighted by atomic mass is 10.1. The molecule has 110 valence electrons. The molecule has 21 heavy (non-hydrogen) atoms. The Kier molecular flexibility index (Phi) is 2.97. The molecule has 0 N–H and O–H groups in total. The first-order valence-electron chi connectivity index (χ1n) is 6.92. The van der Waals surface area contributed by atoms with Crippen molar-refractivity contribution >= 4 is 23.2 Å². The average molecular weight is 286 g/mol. The molecule has 1 unspecified atom stereocenters. The molecule has 0 radical (unpaired) electrons. The van der Waals surface area contributed by atoms with Gasteiger partial charge in [-0.2, -0.15) is 5.01 Å². The minimum absolute atomic E-state index is 0.183. The number of ether oxygens (including phenoxy) is 1. The minimum Gasteiger partial charge on any atom is -0.442 e. The predicted octanol–water partition coefficient (Wildman–Crippen LogP) is 2.72. The van der Waals surface area contributed by atoms with E-state index in [1.807, 2.05) is 58.0 Å². The van der Waals surface area contributed by atoms with Crippen molar-refractivity contribution in [3.63, 3.8) is 0 Å². The van der Waals surface area contributed by atoms with Gasteiger partial charge in [-0.25, -0.2) is 4.79 Å². The van der Waals surface area contributed by atoms with E-state index in [-0.39, 0.29) is 6.04 Å². The summed E-state index contributed by atoms with van der Waals surface area (Å²) in [6, 6.07) is 5.59. The maximum absolute atomic E-state index is 12.5. The van der Waals surface area contributed by atoms with Gasteiger partial charge in [-0.15, -0.1) is 9.89 Å². The van der Waals surface area contributed by atoms with Gasteiger partial charge < -0.3 is 4.74 Å². The molecule has 2 heterocycles. The molecule has 0 saturated heterocycles. The topological polar surface area (TPSA) is 60.2 Å². The van der Waals surface area contributed by atoms with Crippen LogP contribution in [0.4, 0.5) is 4.79 Å². The van der Waals surface area contributed by atoms with Crippen LogP contribution in [0.5, 0.6) is 0 Å². The summed E-state index contributed by atoms with van der Waals surface area (Å²) in [4.78, 5) is 14.0. The highest BCUT2D eigenvalue weighted by Crippen LogP contribution is 2.23. The third kappa shape index (κ3) is 2.37. The molecule has 0 saturated carbocycles. The van der Waals surface area contributed by atoms with E-state index in [4.69, 9.17) is 4.74 Å². The quantitative estimate of drug-likeness (QED) is 0.747. The van der Waals surface area contributed by atoms with E-state index in [0.717, 1.165) is 16.6 Å². The molecular formula is C15H18N4O2. The van der Waals surface area contributed by atoms with Gasteiger partial charge in [0.1, 0.15) is 16.6 Å². The molecule has 0 fully saturated rings. The van der Waals surface area contributed by atoms with E-state index in [1.54, 1.807) is 0 Å². The van der Waals surface area contributed by atoms with E-state index in [0.29, 0.717) is 0 Å². The van der Waals surface area contributed by atoms with Gasteiger partial charge in [-0.3, -0.25) is 0 Å². The van der Waals surface area contributed by atoms with Crippen LogP contribution in [-0.2, 0) is 4.74 Å². The standard InChI is InChI=1S/C15H18N4O2/c1-10-8-9-11-6-5-7-12-13(11)19(17-16-12)18(10)14(20)21-15(2,3)4/h5-10H,1-4H3. The highest BCUT2D eigenvalue weighted by atomic mass is 16.6. The highest BCUT2D eigenvalue weighted by Gasteiger charge is 2.30. The van der Waals surface area contributed by atoms with Gasteiger partial charge in [0.2, 0.25) is 0 Å². The summed E-state index contributed by atoms with van der Waals surface area (Å²) >= 11 is 0. The fourth-order valence-corrected chi connectivity index (χ4v) is 2.32. The third-order valence-corrected chi connectivity index (χ3v) is 3.21. The van der Waals surface area contributed by atoms with Crippen LogP contribution in [0.25, 0.3) is 17.1 Å². The van der Waals surface area contributed by atoms with Crippen LogP contribution in [0, 0.1) is 0 Å². The number of carbonyl (C=O) groups excluding carboxylic acids is 1. The van der Waals surface area contributed by atoms with Crippen LogP contribution in [0.2, 0.25) is 0 Å². The van der Waals surface area contributed by atoms with Crippen LogP contribution in [0.3, 0.4) is 0 Å². The second-order valence-electron chi connectivity index (χ2n) is 6.12. The summed E-state index contributed by atoms with van der Waals surface area (Å²) in [5, 5.41) is 9.73. The zero-order chi connectivity index (χ0) is 15.2. The average Bonchev–Trinajstić information content (AvgIpc) is 2.72. The van der Waals surface area contributed by atoms with Crippen molar-refractivity contribution in [3.8, 4) is 0 Å². The Morgan fingerprint density at radius 1 is 1.33 bits per heavy atom. The summed E-state index contributed by atoms with van der Waals surface area (Å²) in [6.45, 7) is 7.44. The number of para-hydroxylation sites is 1. The van der Waals surface area contributed by atoms with E-state index in [2.05, 4.69) is 10.3 Å². The van der Waals surface area contributed by atoms with Crippen molar-refractivity contribution in [2.75, 3.05) is 5.01 Å². The van der Waals surface area contributed by atoms with E-state index in [1.165, 1.54) is 9.80 Å². The molecule has 1 aromatic carbocycles. The fraction of sp³-hybridized carbons (Fsp3) is 0.400. The van der Waals surface area contributed by atoms with E-state index in [9.17, 15) is 4.79 Å². The Balaban J connectivity index is 2.12. The van der Waals surface area contributed by atoms with Gasteiger partial charge in [0, 0.05) is 5.56 Å². The van der Waals surface area contributed by atoms with Gasteiger partial charge in [0.25, 0.3) is 0 Å². The molecule has 1 aliphatic heterocycles. The number of aromatic nitrogens is 3. The molecule has 1 atom stereocenters. The Labute approximate surface area is 123 Å². The molecule has 3 rings (SSSR count). The smallest absolute Gasteiger partial charge is 0.431 e. The van der Waals surface area contributed by atoms with Gasteiger partial charge in [0.15, 0.2) is 0 Å². The molecule has 1 aromatic heterocycles. The number of hydrogen-bond acceptors (Lipinski definition) is 4. The van der Waals surface area contributed by atoms with Crippen molar-refractivity contribution in [2.45, 2.75) is 39.3 Å². The first-order valence-corrected chi connectivity index (χ1v) is 6.92. The SMILES string of the molecule is CC1C=Cc2cccc3nnn(c23)N1C(=O)OC(C)(C)C. The number of carbonyl (C=O) groups is 1. The zero-order valence-corrected chi connectivity index (χ0v) is 12.6. The Morgan fingerprint density at radius 3 is 2.81 bits per heavy atom. The van der Waals surface area contributed by atoms with Crippen LogP contribution in [-0.4, -0.2) is 32.8 Å². The van der Waals surface area contributed by atoms with Crippen molar-refractivity contribution in [3.05, 3.63) is 29.8 Å². The zero-order valence-electron chi connectivity index (χ0n) is 12.6. The number of hydrogen-bond donors (Lipinski definition) is 0. The Morgan fingerprint density at radius 2 is 2.10 bits per heavy atom. The molecule has 2 aromatic rings. The maximum atomic E-state index is 12.5. The maximum Gasteiger partial charge on any atom is 0.431 e. The number of rotatable bonds is 0. The number of amides is 1. The molecule has 6 heteroatoms. The molecule has 1 amide bonds. The molecule has 6 nitrogen and oxygen atoms in total. The second-order valence-corrected chi connectivity index (χ2v) is 6.12. The van der Waals surface area contributed by atoms with Crippen molar-refractivity contribution < 1.29 is 9.53 Å². The minimum atomic E-state index is -0.563. The van der Waals surface area contributed by atoms with E-state index < -0.39 is 11.7 Å². The van der Waals surface area contributed by atoms with Crippen LogP contribution < -0.4 is 5.01 Å². The summed E-state index contributed by atoms with van der Waals surface area (Å²) in [6.07, 6.45) is 3.49. The summed E-state index contributed by atoms with van der Waals surface area (Å²) < 4.78 is 5.48. The molecule has 1 aliphatic rings. The summed E-state index contributed by atoms with van der Waals surface area (Å²) in [7, 11) is 0. The van der Waals surface area contributed by atoms with Crippen molar-refractivity contribution in [1.29, 1.82) is 0 Å². The van der Waals surface area contributed by atoms with E-state index >= 15 is 0 Å². The highest BCUT2D eigenvalue weighted by molar-refractivity contribution is 5.89. The van der Waals surface area contributed by atoms with Gasteiger partial charge in [-0.05, 0) is 39.0 Å². The predicted molar refractivity (Wildman–Crippen MR) is 80.5 cm³/mol. The second kappa shape index (κ2) is 4.58. The lowest BCUT2D eigenvalue weighted by Crippen LogP contribution is -2.48. The number of benzene rings is 1. The van der Waals surface area contributed by atoms with Crippen LogP contribution >= 0.6 is 0 Å². The summed E-state index contributed by atoms with van der Waals surface area (Å²) in [5.41, 5.74) is 1.98. The van der Waals surface area contributed by atoms with Crippen LogP contribution in [0.15, 0.2) is 24.3 Å². The van der Waals surface area contributed by atoms with Crippen LogP contribution in [0.1, 0.15) is 33.3 Å². The lowest BCUT2D eigenvalue weighted by molar-refractivity contribution is 0.0523. The fourth-order valence-electron chi connectivity index (χ4n) is 2.32. The molecule has 0 aliphatic carbocycles. The normalized spacial score (nSPS) is 17.9. The lowest BCUT2D eigenvalue weighted by Gasteiger charge is -2.29. The molecule has 0 spiro atoms.